The summed E-state index contributed by atoms with van der Waals surface area (Å²) in [4.78, 5) is 19.0. The van der Waals surface area contributed by atoms with E-state index in [9.17, 15) is 9.18 Å². The summed E-state index contributed by atoms with van der Waals surface area (Å²) in [7, 11) is 1.58. The van der Waals surface area contributed by atoms with Gasteiger partial charge in [0.15, 0.2) is 5.96 Å². The highest BCUT2D eigenvalue weighted by molar-refractivity contribution is 7.15. The average Bonchev–Trinajstić information content (AvgIpc) is 3.18. The van der Waals surface area contributed by atoms with Gasteiger partial charge in [0, 0.05) is 30.4 Å². The minimum atomic E-state index is -0.713. The number of aliphatic imine (C=N–C) groups is 1. The van der Waals surface area contributed by atoms with E-state index in [-0.39, 0.29) is 17.9 Å². The number of carbonyl (C=O) groups is 1. The van der Waals surface area contributed by atoms with E-state index < -0.39 is 6.09 Å². The molecule has 0 spiro atoms. The lowest BCUT2D eigenvalue weighted by molar-refractivity contribution is 0.125. The normalized spacial score (nSPS) is 14.8. The van der Waals surface area contributed by atoms with Gasteiger partial charge in [0.1, 0.15) is 5.82 Å². The SMILES string of the molecule is CC(C)OC(N)=O.CN=C(N)Nc1ccc(-c2cnc(C3CCCCC3)s2)c(F)c1. The molecule has 1 aromatic heterocycles. The summed E-state index contributed by atoms with van der Waals surface area (Å²) in [5.74, 6) is 0.527. The van der Waals surface area contributed by atoms with E-state index in [1.54, 1.807) is 50.6 Å². The van der Waals surface area contributed by atoms with Gasteiger partial charge in [0.05, 0.1) is 16.0 Å². The molecule has 1 heterocycles. The highest BCUT2D eigenvalue weighted by Crippen LogP contribution is 2.38. The molecule has 0 bridgehead atoms. The number of rotatable bonds is 4. The van der Waals surface area contributed by atoms with Crippen LogP contribution in [0.3, 0.4) is 0 Å². The Labute approximate surface area is 180 Å². The van der Waals surface area contributed by atoms with Crippen LogP contribution in [-0.2, 0) is 4.74 Å². The van der Waals surface area contributed by atoms with Gasteiger partial charge in [-0.1, -0.05) is 19.3 Å². The van der Waals surface area contributed by atoms with Crippen molar-refractivity contribution >= 4 is 29.1 Å². The number of carbonyl (C=O) groups excluding carboxylic acids is 1. The van der Waals surface area contributed by atoms with Crippen molar-refractivity contribution in [1.29, 1.82) is 0 Å². The first-order chi connectivity index (χ1) is 14.3. The number of nitrogens with two attached hydrogens (primary N) is 2. The number of aromatic nitrogens is 1. The summed E-state index contributed by atoms with van der Waals surface area (Å²) in [6.45, 7) is 3.48. The Morgan fingerprint density at radius 2 is 2.00 bits per heavy atom. The van der Waals surface area contributed by atoms with E-state index in [0.717, 1.165) is 9.88 Å². The van der Waals surface area contributed by atoms with Gasteiger partial charge in [0.2, 0.25) is 0 Å². The van der Waals surface area contributed by atoms with E-state index in [4.69, 9.17) is 5.73 Å². The first kappa shape index (κ1) is 23.6. The lowest BCUT2D eigenvalue weighted by Gasteiger charge is -2.18. The van der Waals surface area contributed by atoms with Crippen LogP contribution < -0.4 is 16.8 Å². The van der Waals surface area contributed by atoms with Crippen molar-refractivity contribution in [3.63, 3.8) is 0 Å². The molecule has 7 nitrogen and oxygen atoms in total. The van der Waals surface area contributed by atoms with E-state index >= 15 is 0 Å². The van der Waals surface area contributed by atoms with E-state index in [0.29, 0.717) is 17.2 Å². The average molecular weight is 436 g/mol. The van der Waals surface area contributed by atoms with Crippen LogP contribution in [0, 0.1) is 5.82 Å². The van der Waals surface area contributed by atoms with Gasteiger partial charge >= 0.3 is 6.09 Å². The van der Waals surface area contributed by atoms with Crippen LogP contribution in [0.2, 0.25) is 0 Å². The highest BCUT2D eigenvalue weighted by Gasteiger charge is 2.19. The third kappa shape index (κ3) is 7.29. The van der Waals surface area contributed by atoms with Crippen molar-refractivity contribution in [3.05, 3.63) is 35.2 Å². The van der Waals surface area contributed by atoms with E-state index in [2.05, 4.69) is 25.8 Å². The highest BCUT2D eigenvalue weighted by atomic mass is 32.1. The van der Waals surface area contributed by atoms with Crippen molar-refractivity contribution in [2.24, 2.45) is 16.5 Å². The number of benzene rings is 1. The van der Waals surface area contributed by atoms with Crippen molar-refractivity contribution in [3.8, 4) is 10.4 Å². The number of hydrogen-bond acceptors (Lipinski definition) is 5. The molecule has 3 rings (SSSR count). The Hall–Kier alpha value is -2.68. The van der Waals surface area contributed by atoms with E-state index in [1.165, 1.54) is 38.2 Å². The lowest BCUT2D eigenvalue weighted by Crippen LogP contribution is -2.22. The second kappa shape index (κ2) is 11.5. The van der Waals surface area contributed by atoms with Gasteiger partial charge in [-0.2, -0.15) is 0 Å². The zero-order valence-corrected chi connectivity index (χ0v) is 18.5. The standard InChI is InChI=1S/C17H21FN4S.C4H9NO2/c1-20-17(19)22-12-7-8-13(14(18)9-12)15-10-21-16(23-15)11-5-3-2-4-6-11;1-3(2)7-4(5)6/h7-11H,2-6H2,1H3,(H3,19,20,22);3H,1-2H3,(H2,5,6). The molecular weight excluding hydrogens is 405 g/mol. The number of nitrogens with one attached hydrogen (secondary N) is 1. The third-order valence-electron chi connectivity index (χ3n) is 4.58. The number of ether oxygens (including phenoxy) is 1. The maximum absolute atomic E-state index is 14.4. The van der Waals surface area contributed by atoms with Crippen molar-refractivity contribution < 1.29 is 13.9 Å². The molecule has 1 aromatic carbocycles. The van der Waals surface area contributed by atoms with Gasteiger partial charge in [-0.3, -0.25) is 4.99 Å². The number of hydrogen-bond donors (Lipinski definition) is 3. The Balaban J connectivity index is 0.000000396. The first-order valence-electron chi connectivity index (χ1n) is 10.0. The van der Waals surface area contributed by atoms with Crippen LogP contribution >= 0.6 is 11.3 Å². The molecule has 0 unspecified atom stereocenters. The second-order valence-corrected chi connectivity index (χ2v) is 8.37. The number of primary amides is 1. The monoisotopic (exact) mass is 435 g/mol. The summed E-state index contributed by atoms with van der Waals surface area (Å²) in [5, 5.41) is 3.99. The minimum Gasteiger partial charge on any atom is -0.447 e. The fourth-order valence-electron chi connectivity index (χ4n) is 3.18. The number of anilines is 1. The summed E-state index contributed by atoms with van der Waals surface area (Å²) in [6.07, 6.45) is 7.25. The largest absolute Gasteiger partial charge is 0.447 e. The smallest absolute Gasteiger partial charge is 0.404 e. The first-order valence-corrected chi connectivity index (χ1v) is 10.8. The fraction of sp³-hybridized carbons (Fsp3) is 0.476. The van der Waals surface area contributed by atoms with E-state index in [1.807, 2.05) is 0 Å². The predicted octanol–water partition coefficient (Wildman–Crippen LogP) is 4.84. The molecule has 1 saturated carbocycles. The van der Waals surface area contributed by atoms with Gasteiger partial charge in [0.25, 0.3) is 0 Å². The maximum atomic E-state index is 14.4. The molecule has 1 aliphatic carbocycles. The molecule has 5 N–H and O–H groups in total. The van der Waals surface area contributed by atoms with Crippen LogP contribution in [0.15, 0.2) is 29.4 Å². The Morgan fingerprint density at radius 1 is 1.30 bits per heavy atom. The van der Waals surface area contributed by atoms with Crippen molar-refractivity contribution in [1.82, 2.24) is 4.98 Å². The van der Waals surface area contributed by atoms with Crippen LogP contribution in [0.5, 0.6) is 0 Å². The molecule has 164 valence electrons. The number of nitrogens with zero attached hydrogens (tertiary/aromatic N) is 2. The van der Waals surface area contributed by atoms with Crippen LogP contribution in [-0.4, -0.2) is 30.2 Å². The Morgan fingerprint density at radius 3 is 2.53 bits per heavy atom. The maximum Gasteiger partial charge on any atom is 0.404 e. The molecule has 1 amide bonds. The summed E-state index contributed by atoms with van der Waals surface area (Å²) < 4.78 is 18.8. The molecule has 1 aliphatic rings. The molecular formula is C21H30FN5O2S. The quantitative estimate of drug-likeness (QED) is 0.469. The number of thiazole rings is 1. The molecule has 0 saturated heterocycles. The van der Waals surface area contributed by atoms with Crippen molar-refractivity contribution in [2.75, 3.05) is 12.4 Å². The van der Waals surface area contributed by atoms with Gasteiger partial charge < -0.3 is 21.5 Å². The van der Waals surface area contributed by atoms with Crippen LogP contribution in [0.4, 0.5) is 14.9 Å². The summed E-state index contributed by atoms with van der Waals surface area (Å²) in [6, 6.07) is 5.00. The van der Waals surface area contributed by atoms with Gasteiger partial charge in [-0.15, -0.1) is 11.3 Å². The Bertz CT molecular complexity index is 863. The van der Waals surface area contributed by atoms with Crippen molar-refractivity contribution in [2.45, 2.75) is 58.0 Å². The molecule has 30 heavy (non-hydrogen) atoms. The Kier molecular flexibility index (Phi) is 9.04. The molecule has 0 radical (unpaired) electrons. The summed E-state index contributed by atoms with van der Waals surface area (Å²) >= 11 is 1.61. The van der Waals surface area contributed by atoms with Gasteiger partial charge in [-0.05, 0) is 44.9 Å². The van der Waals surface area contributed by atoms with Crippen LogP contribution in [0.25, 0.3) is 10.4 Å². The number of halogens is 1. The topological polar surface area (TPSA) is 116 Å². The molecule has 9 heteroatoms. The zero-order valence-electron chi connectivity index (χ0n) is 17.7. The molecule has 2 aromatic rings. The number of guanidine groups is 1. The summed E-state index contributed by atoms with van der Waals surface area (Å²) in [5.41, 5.74) is 11.4. The van der Waals surface area contributed by atoms with Crippen LogP contribution in [0.1, 0.15) is 56.9 Å². The molecule has 0 aliphatic heterocycles. The third-order valence-corrected chi connectivity index (χ3v) is 5.77. The zero-order chi connectivity index (χ0) is 22.1. The molecule has 0 atom stereocenters. The fourth-order valence-corrected chi connectivity index (χ4v) is 4.29. The molecule has 1 fully saturated rings. The second-order valence-electron chi connectivity index (χ2n) is 7.31. The predicted molar refractivity (Wildman–Crippen MR) is 120 cm³/mol. The van der Waals surface area contributed by atoms with Gasteiger partial charge in [-0.25, -0.2) is 14.2 Å². The minimum absolute atomic E-state index is 0.0995. The lowest BCUT2D eigenvalue weighted by atomic mass is 9.90. The number of amides is 1.